The Morgan fingerprint density at radius 1 is 1.19 bits per heavy atom. The fourth-order valence-electron chi connectivity index (χ4n) is 3.91. The lowest BCUT2D eigenvalue weighted by Gasteiger charge is -2.31. The number of hydrogen-bond acceptors (Lipinski definition) is 3. The molecule has 1 N–H and O–H groups in total. The molecule has 1 aromatic carbocycles. The van der Waals surface area contributed by atoms with Gasteiger partial charge < -0.3 is 10.2 Å². The van der Waals surface area contributed by atoms with E-state index in [1.165, 1.54) is 16.7 Å². The van der Waals surface area contributed by atoms with Gasteiger partial charge in [0.1, 0.15) is 0 Å². The molecule has 1 aromatic heterocycles. The molecular formula is C23H31N3O. The second kappa shape index (κ2) is 9.65. The first-order valence-electron chi connectivity index (χ1n) is 10.1. The molecule has 1 amide bonds. The Kier molecular flexibility index (Phi) is 6.99. The van der Waals surface area contributed by atoms with Gasteiger partial charge in [-0.15, -0.1) is 0 Å². The topological polar surface area (TPSA) is 45.2 Å². The van der Waals surface area contributed by atoms with E-state index in [-0.39, 0.29) is 5.91 Å². The Balaban J connectivity index is 1.71. The summed E-state index contributed by atoms with van der Waals surface area (Å²) in [5.74, 6) is 0.243. The molecular weight excluding hydrogens is 334 g/mol. The van der Waals surface area contributed by atoms with Crippen molar-refractivity contribution in [2.75, 3.05) is 13.1 Å². The molecule has 1 fully saturated rings. The summed E-state index contributed by atoms with van der Waals surface area (Å²) in [4.78, 5) is 19.7. The third-order valence-electron chi connectivity index (χ3n) is 5.47. The Hall–Kier alpha value is -2.20. The van der Waals surface area contributed by atoms with E-state index in [4.69, 9.17) is 0 Å². The highest BCUT2D eigenvalue weighted by Gasteiger charge is 2.25. The zero-order chi connectivity index (χ0) is 19.1. The van der Waals surface area contributed by atoms with Gasteiger partial charge in [0.25, 0.3) is 0 Å². The molecule has 4 heteroatoms. The number of aryl methyl sites for hydroxylation is 3. The van der Waals surface area contributed by atoms with Crippen LogP contribution in [-0.2, 0) is 17.8 Å². The predicted molar refractivity (Wildman–Crippen MR) is 110 cm³/mol. The third kappa shape index (κ3) is 5.64. The largest absolute Gasteiger partial charge is 0.334 e. The molecule has 0 aliphatic carbocycles. The molecule has 1 atom stereocenters. The summed E-state index contributed by atoms with van der Waals surface area (Å²) in [6.45, 7) is 6.88. The average molecular weight is 366 g/mol. The van der Waals surface area contributed by atoms with Crippen LogP contribution in [0.3, 0.4) is 0 Å². The molecule has 0 saturated carbocycles. The second-order valence-electron chi connectivity index (χ2n) is 7.61. The summed E-state index contributed by atoms with van der Waals surface area (Å²) >= 11 is 0. The standard InChI is InChI=1S/C23H31N3O/c1-18-8-9-20(19(2)16-18)10-11-23(27)26(17-21-6-3-4-14-25-21)22-7-5-13-24-15-12-22/h3-4,6,8-9,14,16,22,24H,5,7,10-13,15,17H2,1-2H3. The van der Waals surface area contributed by atoms with Crippen molar-refractivity contribution in [3.8, 4) is 0 Å². The van der Waals surface area contributed by atoms with Crippen LogP contribution in [0.2, 0.25) is 0 Å². The molecule has 2 heterocycles. The Labute approximate surface area is 163 Å². The molecule has 0 radical (unpaired) electrons. The van der Waals surface area contributed by atoms with Crippen LogP contribution < -0.4 is 5.32 Å². The van der Waals surface area contributed by atoms with Crippen molar-refractivity contribution < 1.29 is 4.79 Å². The summed E-state index contributed by atoms with van der Waals surface area (Å²) in [6.07, 6.45) is 6.36. The first-order chi connectivity index (χ1) is 13.1. The summed E-state index contributed by atoms with van der Waals surface area (Å²) in [5.41, 5.74) is 4.78. The molecule has 1 aliphatic heterocycles. The van der Waals surface area contributed by atoms with Crippen LogP contribution in [-0.4, -0.2) is 34.9 Å². The van der Waals surface area contributed by atoms with E-state index in [1.807, 2.05) is 24.4 Å². The second-order valence-corrected chi connectivity index (χ2v) is 7.61. The maximum Gasteiger partial charge on any atom is 0.223 e. The van der Waals surface area contributed by atoms with Gasteiger partial charge in [-0.05, 0) is 75.9 Å². The average Bonchev–Trinajstić information content (AvgIpc) is 2.95. The quantitative estimate of drug-likeness (QED) is 0.847. The van der Waals surface area contributed by atoms with Crippen LogP contribution in [0.4, 0.5) is 0 Å². The van der Waals surface area contributed by atoms with Gasteiger partial charge in [-0.2, -0.15) is 0 Å². The number of amides is 1. The molecule has 2 aromatic rings. The van der Waals surface area contributed by atoms with Crippen molar-refractivity contribution in [3.05, 3.63) is 65.0 Å². The van der Waals surface area contributed by atoms with Gasteiger partial charge >= 0.3 is 0 Å². The minimum Gasteiger partial charge on any atom is -0.334 e. The molecule has 1 aliphatic rings. The number of nitrogens with one attached hydrogen (secondary N) is 1. The number of aromatic nitrogens is 1. The summed E-state index contributed by atoms with van der Waals surface area (Å²) < 4.78 is 0. The van der Waals surface area contributed by atoms with Crippen LogP contribution in [0.1, 0.15) is 48.1 Å². The Morgan fingerprint density at radius 3 is 2.85 bits per heavy atom. The van der Waals surface area contributed by atoms with E-state index in [9.17, 15) is 4.79 Å². The van der Waals surface area contributed by atoms with Crippen molar-refractivity contribution in [1.82, 2.24) is 15.2 Å². The molecule has 0 bridgehead atoms. The Morgan fingerprint density at radius 2 is 2.07 bits per heavy atom. The smallest absolute Gasteiger partial charge is 0.223 e. The fraction of sp³-hybridized carbons (Fsp3) is 0.478. The molecule has 27 heavy (non-hydrogen) atoms. The fourth-order valence-corrected chi connectivity index (χ4v) is 3.91. The van der Waals surface area contributed by atoms with Crippen LogP contribution >= 0.6 is 0 Å². The number of pyridine rings is 1. The summed E-state index contributed by atoms with van der Waals surface area (Å²) in [5, 5.41) is 3.45. The molecule has 1 unspecified atom stereocenters. The van der Waals surface area contributed by atoms with E-state index in [0.29, 0.717) is 19.0 Å². The van der Waals surface area contributed by atoms with Crippen molar-refractivity contribution in [2.45, 2.75) is 58.5 Å². The van der Waals surface area contributed by atoms with E-state index in [0.717, 1.165) is 44.5 Å². The van der Waals surface area contributed by atoms with Gasteiger partial charge in [0, 0.05) is 18.7 Å². The lowest BCUT2D eigenvalue weighted by atomic mass is 10.0. The number of rotatable bonds is 6. The van der Waals surface area contributed by atoms with Crippen molar-refractivity contribution in [3.63, 3.8) is 0 Å². The monoisotopic (exact) mass is 365 g/mol. The van der Waals surface area contributed by atoms with Gasteiger partial charge in [-0.25, -0.2) is 0 Å². The Bertz CT molecular complexity index is 737. The third-order valence-corrected chi connectivity index (χ3v) is 5.47. The van der Waals surface area contributed by atoms with E-state index < -0.39 is 0 Å². The van der Waals surface area contributed by atoms with Gasteiger partial charge in [0.05, 0.1) is 12.2 Å². The van der Waals surface area contributed by atoms with Crippen molar-refractivity contribution in [2.24, 2.45) is 0 Å². The van der Waals surface area contributed by atoms with Crippen molar-refractivity contribution >= 4 is 5.91 Å². The van der Waals surface area contributed by atoms with Gasteiger partial charge in [0.15, 0.2) is 0 Å². The molecule has 1 saturated heterocycles. The van der Waals surface area contributed by atoms with Crippen LogP contribution in [0, 0.1) is 13.8 Å². The van der Waals surface area contributed by atoms with Crippen LogP contribution in [0.25, 0.3) is 0 Å². The number of benzene rings is 1. The number of hydrogen-bond donors (Lipinski definition) is 1. The molecule has 3 rings (SSSR count). The molecule has 144 valence electrons. The number of carbonyl (C=O) groups is 1. The zero-order valence-electron chi connectivity index (χ0n) is 16.6. The lowest BCUT2D eigenvalue weighted by molar-refractivity contribution is -0.134. The summed E-state index contributed by atoms with van der Waals surface area (Å²) in [7, 11) is 0. The maximum atomic E-state index is 13.2. The summed E-state index contributed by atoms with van der Waals surface area (Å²) in [6, 6.07) is 12.7. The highest BCUT2D eigenvalue weighted by Crippen LogP contribution is 2.19. The normalized spacial score (nSPS) is 17.3. The molecule has 0 spiro atoms. The van der Waals surface area contributed by atoms with Crippen LogP contribution in [0.15, 0.2) is 42.6 Å². The maximum absolute atomic E-state index is 13.2. The van der Waals surface area contributed by atoms with Crippen molar-refractivity contribution in [1.29, 1.82) is 0 Å². The molecule has 4 nitrogen and oxygen atoms in total. The van der Waals surface area contributed by atoms with Gasteiger partial charge in [0.2, 0.25) is 5.91 Å². The zero-order valence-corrected chi connectivity index (χ0v) is 16.6. The van der Waals surface area contributed by atoms with E-state index >= 15 is 0 Å². The predicted octanol–water partition coefficient (Wildman–Crippen LogP) is 3.80. The van der Waals surface area contributed by atoms with E-state index in [2.05, 4.69) is 47.2 Å². The number of nitrogens with zero attached hydrogens (tertiary/aromatic N) is 2. The van der Waals surface area contributed by atoms with Crippen LogP contribution in [0.5, 0.6) is 0 Å². The highest BCUT2D eigenvalue weighted by molar-refractivity contribution is 5.77. The van der Waals surface area contributed by atoms with Gasteiger partial charge in [-0.1, -0.05) is 29.8 Å². The first kappa shape index (κ1) is 19.6. The van der Waals surface area contributed by atoms with Gasteiger partial charge in [-0.3, -0.25) is 9.78 Å². The lowest BCUT2D eigenvalue weighted by Crippen LogP contribution is -2.40. The highest BCUT2D eigenvalue weighted by atomic mass is 16.2. The van der Waals surface area contributed by atoms with E-state index in [1.54, 1.807) is 0 Å². The minimum absolute atomic E-state index is 0.243. The SMILES string of the molecule is Cc1ccc(CCC(=O)N(Cc2ccccn2)C2CCCNCC2)c(C)c1. The minimum atomic E-state index is 0.243. The first-order valence-corrected chi connectivity index (χ1v) is 10.1. The number of carbonyl (C=O) groups excluding carboxylic acids is 1.